The summed E-state index contributed by atoms with van der Waals surface area (Å²) in [5.41, 5.74) is 3.25. The summed E-state index contributed by atoms with van der Waals surface area (Å²) in [5, 5.41) is 4.23. The standard InChI is InChI=1S/C12H16ClN5/c13-4-8-2-1-3-9-11(8)12-16-15-7-18(12)10-5-14-6-17(9)10/h5-9,11-12,16H,1-4H2. The van der Waals surface area contributed by atoms with Crippen molar-refractivity contribution in [2.45, 2.75) is 31.5 Å². The van der Waals surface area contributed by atoms with Gasteiger partial charge in [0.1, 0.15) is 18.3 Å². The molecule has 1 aromatic rings. The molecule has 6 heteroatoms. The average molecular weight is 266 g/mol. The zero-order chi connectivity index (χ0) is 12.1. The van der Waals surface area contributed by atoms with Crippen molar-refractivity contribution >= 4 is 23.8 Å². The number of rotatable bonds is 1. The molecule has 2 aliphatic heterocycles. The van der Waals surface area contributed by atoms with Gasteiger partial charge >= 0.3 is 0 Å². The Bertz CT molecular complexity index is 485. The fraction of sp³-hybridized carbons (Fsp3) is 0.667. The molecule has 0 radical (unpaired) electrons. The molecule has 1 N–H and O–H groups in total. The molecule has 0 aromatic carbocycles. The van der Waals surface area contributed by atoms with E-state index in [1.165, 1.54) is 19.3 Å². The van der Waals surface area contributed by atoms with Gasteiger partial charge in [-0.2, -0.15) is 5.10 Å². The number of hydrogen-bond donors (Lipinski definition) is 1. The number of alkyl halides is 1. The number of anilines is 1. The summed E-state index contributed by atoms with van der Waals surface area (Å²) in [5.74, 6) is 2.95. The van der Waals surface area contributed by atoms with Crippen LogP contribution in [0.25, 0.3) is 0 Å². The lowest BCUT2D eigenvalue weighted by Gasteiger charge is -2.48. The molecule has 4 rings (SSSR count). The molecule has 0 bridgehead atoms. The van der Waals surface area contributed by atoms with Crippen LogP contribution in [0.2, 0.25) is 0 Å². The Kier molecular flexibility index (Phi) is 2.30. The summed E-state index contributed by atoms with van der Waals surface area (Å²) >= 11 is 6.18. The number of hydrogen-bond acceptors (Lipinski definition) is 4. The van der Waals surface area contributed by atoms with Crippen molar-refractivity contribution in [3.05, 3.63) is 12.5 Å². The van der Waals surface area contributed by atoms with E-state index in [4.69, 9.17) is 11.6 Å². The van der Waals surface area contributed by atoms with Crippen LogP contribution in [-0.4, -0.2) is 27.9 Å². The fourth-order valence-corrected chi connectivity index (χ4v) is 4.15. The molecular weight excluding hydrogens is 250 g/mol. The quantitative estimate of drug-likeness (QED) is 0.788. The topological polar surface area (TPSA) is 45.5 Å². The number of halogens is 1. The van der Waals surface area contributed by atoms with Crippen LogP contribution in [0, 0.1) is 11.8 Å². The summed E-state index contributed by atoms with van der Waals surface area (Å²) in [4.78, 5) is 6.50. The molecule has 3 heterocycles. The van der Waals surface area contributed by atoms with Crippen molar-refractivity contribution in [3.8, 4) is 0 Å². The van der Waals surface area contributed by atoms with Crippen molar-refractivity contribution in [1.29, 1.82) is 0 Å². The molecule has 1 saturated carbocycles. The van der Waals surface area contributed by atoms with E-state index in [9.17, 15) is 0 Å². The number of fused-ring (bicyclic) bond motifs is 6. The minimum absolute atomic E-state index is 0.253. The molecular formula is C12H16ClN5. The van der Waals surface area contributed by atoms with Gasteiger partial charge in [0, 0.05) is 17.8 Å². The molecule has 4 atom stereocenters. The molecule has 3 aliphatic rings. The zero-order valence-corrected chi connectivity index (χ0v) is 10.8. The van der Waals surface area contributed by atoms with Gasteiger partial charge < -0.3 is 4.57 Å². The number of imidazole rings is 1. The first-order valence-electron chi connectivity index (χ1n) is 6.55. The smallest absolute Gasteiger partial charge is 0.135 e. The van der Waals surface area contributed by atoms with Crippen LogP contribution in [0.4, 0.5) is 5.82 Å². The number of aromatic nitrogens is 2. The van der Waals surface area contributed by atoms with Gasteiger partial charge in [0.2, 0.25) is 0 Å². The van der Waals surface area contributed by atoms with Gasteiger partial charge in [-0.05, 0) is 18.8 Å². The second kappa shape index (κ2) is 3.88. The van der Waals surface area contributed by atoms with Gasteiger partial charge in [0.25, 0.3) is 0 Å². The van der Waals surface area contributed by atoms with E-state index in [0.29, 0.717) is 17.9 Å². The van der Waals surface area contributed by atoms with Crippen LogP contribution >= 0.6 is 11.6 Å². The van der Waals surface area contributed by atoms with Crippen molar-refractivity contribution in [1.82, 2.24) is 15.0 Å². The molecule has 1 fully saturated rings. The summed E-state index contributed by atoms with van der Waals surface area (Å²) in [6, 6.07) is 0.510. The molecule has 0 spiro atoms. The highest BCUT2D eigenvalue weighted by Crippen LogP contribution is 2.47. The van der Waals surface area contributed by atoms with E-state index in [1.807, 2.05) is 18.9 Å². The first-order chi connectivity index (χ1) is 8.90. The van der Waals surface area contributed by atoms with Crippen molar-refractivity contribution in [3.63, 3.8) is 0 Å². The highest BCUT2D eigenvalue weighted by atomic mass is 35.5. The normalized spacial score (nSPS) is 36.8. The summed E-state index contributed by atoms with van der Waals surface area (Å²) in [6.45, 7) is 0. The Morgan fingerprint density at radius 3 is 3.28 bits per heavy atom. The lowest BCUT2D eigenvalue weighted by molar-refractivity contribution is 0.120. The predicted octanol–water partition coefficient (Wildman–Crippen LogP) is 1.77. The van der Waals surface area contributed by atoms with Crippen molar-refractivity contribution < 1.29 is 0 Å². The summed E-state index contributed by atoms with van der Waals surface area (Å²) in [6.07, 6.45) is 9.69. The van der Waals surface area contributed by atoms with Crippen molar-refractivity contribution in [2.24, 2.45) is 16.9 Å². The minimum atomic E-state index is 0.253. The molecule has 5 nitrogen and oxygen atoms in total. The maximum absolute atomic E-state index is 6.18. The maximum atomic E-state index is 6.18. The van der Waals surface area contributed by atoms with Gasteiger partial charge in [-0.25, -0.2) is 4.98 Å². The molecule has 1 aliphatic carbocycles. The number of nitrogens with one attached hydrogen (secondary N) is 1. The van der Waals surface area contributed by atoms with Gasteiger partial charge in [0.15, 0.2) is 0 Å². The monoisotopic (exact) mass is 265 g/mol. The van der Waals surface area contributed by atoms with Crippen LogP contribution in [-0.2, 0) is 0 Å². The highest BCUT2D eigenvalue weighted by Gasteiger charge is 2.47. The first-order valence-corrected chi connectivity index (χ1v) is 7.08. The largest absolute Gasteiger partial charge is 0.314 e. The van der Waals surface area contributed by atoms with E-state index in [1.54, 1.807) is 0 Å². The SMILES string of the molecule is ClCC1CCCC2C1C1NN=CN1c1cncn12. The molecule has 0 saturated heterocycles. The Hall–Kier alpha value is -1.23. The summed E-state index contributed by atoms with van der Waals surface area (Å²) < 4.78 is 2.30. The van der Waals surface area contributed by atoms with Gasteiger partial charge in [0.05, 0.1) is 12.5 Å². The van der Waals surface area contributed by atoms with E-state index >= 15 is 0 Å². The second-order valence-electron chi connectivity index (χ2n) is 5.37. The van der Waals surface area contributed by atoms with E-state index in [2.05, 4.69) is 25.0 Å². The van der Waals surface area contributed by atoms with Crippen LogP contribution in [0.3, 0.4) is 0 Å². The maximum Gasteiger partial charge on any atom is 0.135 e. The highest BCUT2D eigenvalue weighted by molar-refractivity contribution is 6.18. The molecule has 4 unspecified atom stereocenters. The third-order valence-electron chi connectivity index (χ3n) is 4.58. The van der Waals surface area contributed by atoms with Gasteiger partial charge in [-0.3, -0.25) is 10.3 Å². The third-order valence-corrected chi connectivity index (χ3v) is 4.98. The van der Waals surface area contributed by atoms with E-state index < -0.39 is 0 Å². The summed E-state index contributed by atoms with van der Waals surface area (Å²) in [7, 11) is 0. The number of nitrogens with zero attached hydrogens (tertiary/aromatic N) is 4. The van der Waals surface area contributed by atoms with Gasteiger partial charge in [-0.1, -0.05) is 6.42 Å². The average Bonchev–Trinajstić information content (AvgIpc) is 3.06. The van der Waals surface area contributed by atoms with Crippen LogP contribution in [0.15, 0.2) is 17.6 Å². The third kappa shape index (κ3) is 1.28. The van der Waals surface area contributed by atoms with Crippen LogP contribution < -0.4 is 10.3 Å². The predicted molar refractivity (Wildman–Crippen MR) is 70.7 cm³/mol. The minimum Gasteiger partial charge on any atom is -0.314 e. The zero-order valence-electron chi connectivity index (χ0n) is 10.0. The van der Waals surface area contributed by atoms with Gasteiger partial charge in [-0.15, -0.1) is 11.6 Å². The Morgan fingerprint density at radius 1 is 1.44 bits per heavy atom. The fourth-order valence-electron chi connectivity index (χ4n) is 3.79. The van der Waals surface area contributed by atoms with E-state index in [-0.39, 0.29) is 6.17 Å². The Balaban J connectivity index is 1.81. The molecule has 18 heavy (non-hydrogen) atoms. The molecule has 0 amide bonds. The van der Waals surface area contributed by atoms with Crippen molar-refractivity contribution in [2.75, 3.05) is 10.8 Å². The van der Waals surface area contributed by atoms with Crippen LogP contribution in [0.1, 0.15) is 25.3 Å². The first kappa shape index (κ1) is 10.7. The Morgan fingerprint density at radius 2 is 2.39 bits per heavy atom. The Labute approximate surface area is 111 Å². The lowest BCUT2D eigenvalue weighted by Crippen LogP contribution is -2.54. The van der Waals surface area contributed by atoms with Crippen LogP contribution in [0.5, 0.6) is 0 Å². The lowest BCUT2D eigenvalue weighted by atomic mass is 9.73. The second-order valence-corrected chi connectivity index (χ2v) is 5.68. The molecule has 1 aromatic heterocycles. The number of hydrazone groups is 1. The molecule has 96 valence electrons. The van der Waals surface area contributed by atoms with E-state index in [0.717, 1.165) is 11.7 Å².